The van der Waals surface area contributed by atoms with E-state index >= 15 is 0 Å². The minimum Gasteiger partial charge on any atom is -0.479 e. The van der Waals surface area contributed by atoms with Crippen LogP contribution in [0, 0.1) is 6.92 Å². The quantitative estimate of drug-likeness (QED) is 0.810. The van der Waals surface area contributed by atoms with Gasteiger partial charge >= 0.3 is 5.97 Å². The smallest absolute Gasteiger partial charge is 0.344 e. The molecule has 1 fully saturated rings. The summed E-state index contributed by atoms with van der Waals surface area (Å²) in [5.74, 6) is -0.291. The summed E-state index contributed by atoms with van der Waals surface area (Å²) in [6.07, 6.45) is 1.63. The summed E-state index contributed by atoms with van der Waals surface area (Å²) in [7, 11) is 0. The summed E-state index contributed by atoms with van der Waals surface area (Å²) in [6, 6.07) is 6.44. The Morgan fingerprint density at radius 3 is 2.89 bits per heavy atom. The third-order valence-electron chi connectivity index (χ3n) is 3.03. The summed E-state index contributed by atoms with van der Waals surface area (Å²) in [4.78, 5) is 10.8. The molecule has 1 aliphatic rings. The fraction of sp³-hybridized carbons (Fsp3) is 0.500. The Bertz CT molecular complexity index is 441. The van der Waals surface area contributed by atoms with Crippen LogP contribution < -0.4 is 10.1 Å². The van der Waals surface area contributed by atoms with Crippen molar-refractivity contribution in [2.45, 2.75) is 45.4 Å². The van der Waals surface area contributed by atoms with Crippen molar-refractivity contribution in [3.05, 3.63) is 29.3 Å². The second kappa shape index (κ2) is 5.40. The van der Waals surface area contributed by atoms with Crippen molar-refractivity contribution in [3.63, 3.8) is 0 Å². The highest BCUT2D eigenvalue weighted by Crippen LogP contribution is 2.24. The molecule has 0 saturated heterocycles. The molecule has 2 rings (SSSR count). The monoisotopic (exact) mass is 249 g/mol. The highest BCUT2D eigenvalue weighted by molar-refractivity contribution is 5.72. The normalized spacial score (nSPS) is 16.3. The lowest BCUT2D eigenvalue weighted by molar-refractivity contribution is -0.144. The van der Waals surface area contributed by atoms with Crippen molar-refractivity contribution in [1.29, 1.82) is 0 Å². The second-order valence-electron chi connectivity index (χ2n) is 4.86. The average molecular weight is 249 g/mol. The minimum atomic E-state index is -0.948. The molecule has 4 heteroatoms. The molecule has 0 aliphatic heterocycles. The predicted octanol–water partition coefficient (Wildman–Crippen LogP) is 2.10. The number of hydrogen-bond donors (Lipinski definition) is 2. The van der Waals surface area contributed by atoms with E-state index in [2.05, 4.69) is 5.32 Å². The third-order valence-corrected chi connectivity index (χ3v) is 3.03. The van der Waals surface area contributed by atoms with Gasteiger partial charge in [0.1, 0.15) is 5.75 Å². The molecule has 18 heavy (non-hydrogen) atoms. The van der Waals surface area contributed by atoms with Crippen molar-refractivity contribution < 1.29 is 14.6 Å². The van der Waals surface area contributed by atoms with E-state index in [1.165, 1.54) is 12.8 Å². The van der Waals surface area contributed by atoms with Crippen LogP contribution in [0.15, 0.2) is 18.2 Å². The first-order valence-corrected chi connectivity index (χ1v) is 6.28. The van der Waals surface area contributed by atoms with Gasteiger partial charge in [0.15, 0.2) is 6.10 Å². The lowest BCUT2D eigenvalue weighted by Crippen LogP contribution is -2.24. The van der Waals surface area contributed by atoms with Crippen molar-refractivity contribution in [3.8, 4) is 5.75 Å². The largest absolute Gasteiger partial charge is 0.479 e. The van der Waals surface area contributed by atoms with Gasteiger partial charge in [0.25, 0.3) is 0 Å². The molecule has 0 aromatic heterocycles. The first-order chi connectivity index (χ1) is 8.56. The maximum Gasteiger partial charge on any atom is 0.344 e. The molecule has 0 spiro atoms. The fourth-order valence-corrected chi connectivity index (χ4v) is 1.74. The van der Waals surface area contributed by atoms with Gasteiger partial charge in [-0.15, -0.1) is 0 Å². The standard InChI is InChI=1S/C14H19NO3/c1-9-3-6-13(18-10(2)14(16)17)11(7-9)8-15-12-4-5-12/h3,6-7,10,12,15H,4-5,8H2,1-2H3,(H,16,17). The molecule has 2 N–H and O–H groups in total. The van der Waals surface area contributed by atoms with E-state index in [1.807, 2.05) is 25.1 Å². The van der Waals surface area contributed by atoms with E-state index in [0.29, 0.717) is 11.8 Å². The van der Waals surface area contributed by atoms with Gasteiger partial charge in [-0.3, -0.25) is 0 Å². The van der Waals surface area contributed by atoms with E-state index < -0.39 is 12.1 Å². The van der Waals surface area contributed by atoms with Crippen molar-refractivity contribution in [2.75, 3.05) is 0 Å². The summed E-state index contributed by atoms with van der Waals surface area (Å²) < 4.78 is 5.48. The maximum absolute atomic E-state index is 10.8. The third kappa shape index (κ3) is 3.47. The van der Waals surface area contributed by atoms with Crippen LogP contribution in [0.1, 0.15) is 30.9 Å². The van der Waals surface area contributed by atoms with Crippen LogP contribution in [0.3, 0.4) is 0 Å². The molecule has 4 nitrogen and oxygen atoms in total. The number of rotatable bonds is 6. The number of nitrogens with one attached hydrogen (secondary N) is 1. The maximum atomic E-state index is 10.8. The number of hydrogen-bond acceptors (Lipinski definition) is 3. The molecule has 1 aromatic carbocycles. The number of ether oxygens (including phenoxy) is 1. The van der Waals surface area contributed by atoms with Crippen molar-refractivity contribution >= 4 is 5.97 Å². The Balaban J connectivity index is 2.08. The molecule has 1 aliphatic carbocycles. The van der Waals surface area contributed by atoms with Gasteiger partial charge in [0, 0.05) is 18.2 Å². The Morgan fingerprint density at radius 2 is 2.28 bits per heavy atom. The van der Waals surface area contributed by atoms with Crippen LogP contribution in [0.5, 0.6) is 5.75 Å². The lowest BCUT2D eigenvalue weighted by Gasteiger charge is -2.15. The van der Waals surface area contributed by atoms with Crippen LogP contribution >= 0.6 is 0 Å². The van der Waals surface area contributed by atoms with Gasteiger partial charge in [0.2, 0.25) is 0 Å². The average Bonchev–Trinajstić information content (AvgIpc) is 3.13. The van der Waals surface area contributed by atoms with Crippen LogP contribution in [0.25, 0.3) is 0 Å². The molecule has 1 unspecified atom stereocenters. The summed E-state index contributed by atoms with van der Waals surface area (Å²) in [6.45, 7) is 4.29. The van der Waals surface area contributed by atoms with Gasteiger partial charge in [-0.1, -0.05) is 17.7 Å². The number of carbonyl (C=O) groups is 1. The molecule has 0 bridgehead atoms. The number of aliphatic carboxylic acids is 1. The Labute approximate surface area is 107 Å². The summed E-state index contributed by atoms with van der Waals surface area (Å²) >= 11 is 0. The highest BCUT2D eigenvalue weighted by Gasteiger charge is 2.21. The van der Waals surface area contributed by atoms with Crippen LogP contribution in [-0.4, -0.2) is 23.2 Å². The zero-order chi connectivity index (χ0) is 13.1. The zero-order valence-corrected chi connectivity index (χ0v) is 10.8. The van der Waals surface area contributed by atoms with Gasteiger partial charge in [-0.2, -0.15) is 0 Å². The molecular weight excluding hydrogens is 230 g/mol. The second-order valence-corrected chi connectivity index (χ2v) is 4.86. The zero-order valence-electron chi connectivity index (χ0n) is 10.8. The topological polar surface area (TPSA) is 58.6 Å². The number of aryl methyl sites for hydroxylation is 1. The van der Waals surface area contributed by atoms with Gasteiger partial charge in [-0.25, -0.2) is 4.79 Å². The Hall–Kier alpha value is -1.55. The van der Waals surface area contributed by atoms with E-state index in [9.17, 15) is 4.79 Å². The lowest BCUT2D eigenvalue weighted by atomic mass is 10.1. The molecule has 1 saturated carbocycles. The molecule has 0 radical (unpaired) electrons. The van der Waals surface area contributed by atoms with Crippen LogP contribution in [-0.2, 0) is 11.3 Å². The summed E-state index contributed by atoms with van der Waals surface area (Å²) in [5.41, 5.74) is 2.17. The Morgan fingerprint density at radius 1 is 1.56 bits per heavy atom. The Kier molecular flexibility index (Phi) is 3.87. The number of carboxylic acids is 1. The van der Waals surface area contributed by atoms with Gasteiger partial charge < -0.3 is 15.2 Å². The van der Waals surface area contributed by atoms with Gasteiger partial charge in [-0.05, 0) is 32.8 Å². The molecule has 1 aromatic rings. The first kappa shape index (κ1) is 12.9. The SMILES string of the molecule is Cc1ccc(OC(C)C(=O)O)c(CNC2CC2)c1. The van der Waals surface area contributed by atoms with Crippen molar-refractivity contribution in [1.82, 2.24) is 5.32 Å². The molecule has 0 heterocycles. The van der Waals surface area contributed by atoms with E-state index in [1.54, 1.807) is 6.92 Å². The predicted molar refractivity (Wildman–Crippen MR) is 68.8 cm³/mol. The van der Waals surface area contributed by atoms with Crippen LogP contribution in [0.2, 0.25) is 0 Å². The van der Waals surface area contributed by atoms with E-state index in [4.69, 9.17) is 9.84 Å². The van der Waals surface area contributed by atoms with Crippen LogP contribution in [0.4, 0.5) is 0 Å². The molecule has 0 amide bonds. The van der Waals surface area contributed by atoms with Gasteiger partial charge in [0.05, 0.1) is 0 Å². The summed E-state index contributed by atoms with van der Waals surface area (Å²) in [5, 5.41) is 12.3. The highest BCUT2D eigenvalue weighted by atomic mass is 16.5. The fourth-order valence-electron chi connectivity index (χ4n) is 1.74. The number of benzene rings is 1. The molecule has 1 atom stereocenters. The van der Waals surface area contributed by atoms with E-state index in [-0.39, 0.29) is 0 Å². The minimum absolute atomic E-state index is 0.621. The number of carboxylic acid groups (broad SMARTS) is 1. The molecular formula is C14H19NO3. The van der Waals surface area contributed by atoms with E-state index in [0.717, 1.165) is 17.7 Å². The van der Waals surface area contributed by atoms with Crippen molar-refractivity contribution in [2.24, 2.45) is 0 Å². The first-order valence-electron chi connectivity index (χ1n) is 6.28. The molecule has 98 valence electrons.